The molecule has 0 saturated heterocycles. The summed E-state index contributed by atoms with van der Waals surface area (Å²) in [5, 5.41) is 3.25. The van der Waals surface area contributed by atoms with Crippen LogP contribution in [0, 0.1) is 0 Å². The number of hydrogen-bond donors (Lipinski definition) is 1. The summed E-state index contributed by atoms with van der Waals surface area (Å²) in [5.74, 6) is 0.125. The molecule has 162 valence electrons. The van der Waals surface area contributed by atoms with Gasteiger partial charge in [-0.15, -0.1) is 0 Å². The van der Waals surface area contributed by atoms with Crippen LogP contribution in [0.5, 0.6) is 5.75 Å². The molecule has 3 rings (SSSR count). The molecule has 3 aromatic carbocycles. The Morgan fingerprint density at radius 3 is 2.23 bits per heavy atom. The number of ether oxygens (including phenoxy) is 1. The summed E-state index contributed by atoms with van der Waals surface area (Å²) in [6.07, 6.45) is 0. The number of para-hydroxylation sites is 1. The first-order valence-corrected chi connectivity index (χ1v) is 11.4. The van der Waals surface area contributed by atoms with E-state index in [0.717, 1.165) is 9.87 Å². The molecule has 0 aromatic heterocycles. The van der Waals surface area contributed by atoms with Crippen LogP contribution in [0.15, 0.2) is 77.7 Å². The van der Waals surface area contributed by atoms with Crippen molar-refractivity contribution < 1.29 is 17.9 Å². The Hall–Kier alpha value is -2.74. The molecular weight excluding hydrogens is 459 g/mol. The third-order valence-electron chi connectivity index (χ3n) is 4.42. The fourth-order valence-corrected chi connectivity index (χ4v) is 4.89. The number of nitrogens with zero attached hydrogens (tertiary/aromatic N) is 1. The third-order valence-corrected chi connectivity index (χ3v) is 6.65. The van der Waals surface area contributed by atoms with Crippen LogP contribution in [0.3, 0.4) is 0 Å². The molecule has 6 nitrogen and oxygen atoms in total. The number of nitrogens with one attached hydrogen (secondary N) is 1. The van der Waals surface area contributed by atoms with E-state index >= 15 is 0 Å². The van der Waals surface area contributed by atoms with Crippen molar-refractivity contribution in [3.05, 3.63) is 88.4 Å². The summed E-state index contributed by atoms with van der Waals surface area (Å²) in [5.41, 5.74) is 0.954. The maximum atomic E-state index is 13.3. The van der Waals surface area contributed by atoms with E-state index in [4.69, 9.17) is 27.9 Å². The number of anilines is 1. The number of amides is 1. The van der Waals surface area contributed by atoms with E-state index in [2.05, 4.69) is 5.32 Å². The van der Waals surface area contributed by atoms with E-state index in [1.165, 1.54) is 37.4 Å². The van der Waals surface area contributed by atoms with E-state index < -0.39 is 22.5 Å². The van der Waals surface area contributed by atoms with Gasteiger partial charge in [0.25, 0.3) is 10.0 Å². The Bertz CT molecular complexity index is 1150. The normalized spacial score (nSPS) is 11.1. The number of methoxy groups -OCH3 is 1. The predicted molar refractivity (Wildman–Crippen MR) is 122 cm³/mol. The van der Waals surface area contributed by atoms with Crippen LogP contribution in [0.25, 0.3) is 0 Å². The molecule has 31 heavy (non-hydrogen) atoms. The molecule has 9 heteroatoms. The number of hydrogen-bond acceptors (Lipinski definition) is 4. The molecule has 0 spiro atoms. The van der Waals surface area contributed by atoms with Crippen LogP contribution in [0.1, 0.15) is 5.56 Å². The fourth-order valence-electron chi connectivity index (χ4n) is 2.95. The lowest BCUT2D eigenvalue weighted by atomic mass is 10.2. The van der Waals surface area contributed by atoms with Gasteiger partial charge in [-0.1, -0.05) is 59.6 Å². The highest BCUT2D eigenvalue weighted by Crippen LogP contribution is 2.29. The standard InChI is InChI=1S/C22H20Cl2N2O4S/c1-30-21-10-6-5-7-16(21)14-25-22(27)15-26(19-12-17(23)11-18(24)13-19)31(28,29)20-8-3-2-4-9-20/h2-13H,14-15H2,1H3,(H,25,27). The quantitative estimate of drug-likeness (QED) is 0.516. The molecule has 0 saturated carbocycles. The second-order valence-electron chi connectivity index (χ2n) is 6.54. The topological polar surface area (TPSA) is 75.7 Å². The van der Waals surface area contributed by atoms with Crippen LogP contribution < -0.4 is 14.4 Å². The van der Waals surface area contributed by atoms with Crippen LogP contribution in [-0.4, -0.2) is 28.0 Å². The number of carbonyl (C=O) groups excluding carboxylic acids is 1. The number of carbonyl (C=O) groups is 1. The van der Waals surface area contributed by atoms with E-state index in [9.17, 15) is 13.2 Å². The van der Waals surface area contributed by atoms with Gasteiger partial charge in [0.2, 0.25) is 5.91 Å². The Morgan fingerprint density at radius 1 is 0.968 bits per heavy atom. The summed E-state index contributed by atoms with van der Waals surface area (Å²) in [6, 6.07) is 19.5. The fraction of sp³-hybridized carbons (Fsp3) is 0.136. The van der Waals surface area contributed by atoms with Crippen molar-refractivity contribution in [2.75, 3.05) is 18.0 Å². The van der Waals surface area contributed by atoms with E-state index in [1.807, 2.05) is 18.2 Å². The van der Waals surface area contributed by atoms with Crippen molar-refractivity contribution >= 4 is 44.8 Å². The largest absolute Gasteiger partial charge is 0.496 e. The zero-order valence-corrected chi connectivity index (χ0v) is 18.9. The molecular formula is C22H20Cl2N2O4S. The molecule has 0 atom stereocenters. The molecule has 3 aromatic rings. The van der Waals surface area contributed by atoms with Gasteiger partial charge >= 0.3 is 0 Å². The Balaban J connectivity index is 1.89. The molecule has 0 aliphatic rings. The number of benzene rings is 3. The smallest absolute Gasteiger partial charge is 0.264 e. The van der Waals surface area contributed by atoms with Gasteiger partial charge in [-0.25, -0.2) is 8.42 Å². The van der Waals surface area contributed by atoms with Gasteiger partial charge in [0.05, 0.1) is 17.7 Å². The highest BCUT2D eigenvalue weighted by Gasteiger charge is 2.27. The van der Waals surface area contributed by atoms with Crippen molar-refractivity contribution in [2.24, 2.45) is 0 Å². The van der Waals surface area contributed by atoms with Crippen LogP contribution >= 0.6 is 23.2 Å². The number of sulfonamides is 1. The Kier molecular flexibility index (Phi) is 7.43. The van der Waals surface area contributed by atoms with Crippen molar-refractivity contribution in [1.82, 2.24) is 5.32 Å². The summed E-state index contributed by atoms with van der Waals surface area (Å²) in [6.45, 7) is -0.276. The predicted octanol–water partition coefficient (Wildman–Crippen LogP) is 4.51. The first-order chi connectivity index (χ1) is 14.8. The summed E-state index contributed by atoms with van der Waals surface area (Å²) < 4.78 is 32.9. The highest BCUT2D eigenvalue weighted by atomic mass is 35.5. The first-order valence-electron chi connectivity index (χ1n) is 9.24. The molecule has 0 aliphatic carbocycles. The lowest BCUT2D eigenvalue weighted by Gasteiger charge is -2.24. The molecule has 0 unspecified atom stereocenters. The highest BCUT2D eigenvalue weighted by molar-refractivity contribution is 7.92. The van der Waals surface area contributed by atoms with Crippen molar-refractivity contribution in [3.8, 4) is 5.75 Å². The number of halogens is 2. The second-order valence-corrected chi connectivity index (χ2v) is 9.28. The summed E-state index contributed by atoms with van der Waals surface area (Å²) in [7, 11) is -2.51. The van der Waals surface area contributed by atoms with Crippen molar-refractivity contribution in [2.45, 2.75) is 11.4 Å². The minimum absolute atomic E-state index is 0.0450. The van der Waals surface area contributed by atoms with Gasteiger partial charge in [0.1, 0.15) is 12.3 Å². The average molecular weight is 479 g/mol. The molecule has 1 N–H and O–H groups in total. The van der Waals surface area contributed by atoms with Gasteiger partial charge < -0.3 is 10.1 Å². The van der Waals surface area contributed by atoms with Gasteiger partial charge in [-0.2, -0.15) is 0 Å². The SMILES string of the molecule is COc1ccccc1CNC(=O)CN(c1cc(Cl)cc(Cl)c1)S(=O)(=O)c1ccccc1. The lowest BCUT2D eigenvalue weighted by molar-refractivity contribution is -0.119. The molecule has 0 fully saturated rings. The maximum absolute atomic E-state index is 13.3. The van der Waals surface area contributed by atoms with Crippen molar-refractivity contribution in [1.29, 1.82) is 0 Å². The van der Waals surface area contributed by atoms with E-state index in [-0.39, 0.29) is 27.2 Å². The Morgan fingerprint density at radius 2 is 1.58 bits per heavy atom. The summed E-state index contributed by atoms with van der Waals surface area (Å²) in [4.78, 5) is 12.8. The van der Waals surface area contributed by atoms with Gasteiger partial charge in [-0.3, -0.25) is 9.10 Å². The average Bonchev–Trinajstić information content (AvgIpc) is 2.76. The zero-order chi connectivity index (χ0) is 22.4. The second kappa shape index (κ2) is 10.0. The minimum atomic E-state index is -4.05. The number of rotatable bonds is 8. The first kappa shape index (κ1) is 22.9. The van der Waals surface area contributed by atoms with Crippen LogP contribution in [0.4, 0.5) is 5.69 Å². The molecule has 0 aliphatic heterocycles. The van der Waals surface area contributed by atoms with Crippen LogP contribution in [0.2, 0.25) is 10.0 Å². The van der Waals surface area contributed by atoms with E-state index in [0.29, 0.717) is 5.75 Å². The third kappa shape index (κ3) is 5.70. The lowest BCUT2D eigenvalue weighted by Crippen LogP contribution is -2.40. The van der Waals surface area contributed by atoms with Gasteiger partial charge in [0.15, 0.2) is 0 Å². The molecule has 0 heterocycles. The maximum Gasteiger partial charge on any atom is 0.264 e. The van der Waals surface area contributed by atoms with Crippen molar-refractivity contribution in [3.63, 3.8) is 0 Å². The van der Waals surface area contributed by atoms with Gasteiger partial charge in [0, 0.05) is 22.2 Å². The minimum Gasteiger partial charge on any atom is -0.496 e. The molecule has 1 amide bonds. The van der Waals surface area contributed by atoms with Gasteiger partial charge in [-0.05, 0) is 36.4 Å². The molecule has 0 radical (unpaired) electrons. The Labute approximate surface area is 191 Å². The molecule has 0 bridgehead atoms. The van der Waals surface area contributed by atoms with E-state index in [1.54, 1.807) is 24.3 Å². The monoisotopic (exact) mass is 478 g/mol. The summed E-state index contributed by atoms with van der Waals surface area (Å²) >= 11 is 12.2. The van der Waals surface area contributed by atoms with Crippen LogP contribution in [-0.2, 0) is 21.4 Å². The zero-order valence-electron chi connectivity index (χ0n) is 16.6.